The van der Waals surface area contributed by atoms with Crippen LogP contribution in [0.1, 0.15) is 29.2 Å². The Balaban J connectivity index is 3.35. The summed E-state index contributed by atoms with van der Waals surface area (Å²) in [5.41, 5.74) is 3.87. The van der Waals surface area contributed by atoms with E-state index >= 15 is 0 Å². The maximum atomic E-state index is 12.9. The summed E-state index contributed by atoms with van der Waals surface area (Å²) in [6.45, 7) is 1.58. The standard InChI is InChI=1S/C13H13F3N2O2/c1-2-20-12(19)5-9-3-8(6-17)4-11(10(9)7-18)13(14,15)16/h3-4H,2,5-6,17H2,1H3. The van der Waals surface area contributed by atoms with E-state index in [2.05, 4.69) is 4.74 Å². The highest BCUT2D eigenvalue weighted by molar-refractivity contribution is 5.74. The highest BCUT2D eigenvalue weighted by atomic mass is 19.4. The number of nitrogens with zero attached hydrogens (tertiary/aromatic N) is 1. The maximum Gasteiger partial charge on any atom is 0.417 e. The number of esters is 1. The molecule has 0 aliphatic heterocycles. The van der Waals surface area contributed by atoms with Crippen molar-refractivity contribution < 1.29 is 22.7 Å². The molecular formula is C13H13F3N2O2. The van der Waals surface area contributed by atoms with Crippen molar-refractivity contribution in [1.82, 2.24) is 0 Å². The Labute approximate surface area is 113 Å². The molecule has 0 heterocycles. The normalized spacial score (nSPS) is 11.0. The van der Waals surface area contributed by atoms with E-state index in [-0.39, 0.29) is 24.3 Å². The third-order valence-corrected chi connectivity index (χ3v) is 2.57. The fourth-order valence-corrected chi connectivity index (χ4v) is 1.75. The molecule has 7 heteroatoms. The highest BCUT2D eigenvalue weighted by Crippen LogP contribution is 2.34. The topological polar surface area (TPSA) is 76.1 Å². The van der Waals surface area contributed by atoms with E-state index in [0.717, 1.165) is 6.07 Å². The third kappa shape index (κ3) is 3.71. The van der Waals surface area contributed by atoms with Gasteiger partial charge in [-0.25, -0.2) is 0 Å². The van der Waals surface area contributed by atoms with Crippen LogP contribution < -0.4 is 5.73 Å². The summed E-state index contributed by atoms with van der Waals surface area (Å²) < 4.78 is 43.4. The Morgan fingerprint density at radius 1 is 1.45 bits per heavy atom. The fourth-order valence-electron chi connectivity index (χ4n) is 1.75. The smallest absolute Gasteiger partial charge is 0.417 e. The van der Waals surface area contributed by atoms with Crippen LogP contribution in [0.25, 0.3) is 0 Å². The Bertz CT molecular complexity index is 548. The lowest BCUT2D eigenvalue weighted by Gasteiger charge is -2.14. The van der Waals surface area contributed by atoms with Crippen LogP contribution in [0.2, 0.25) is 0 Å². The van der Waals surface area contributed by atoms with Crippen LogP contribution in [0, 0.1) is 11.3 Å². The summed E-state index contributed by atoms with van der Waals surface area (Å²) in [6, 6.07) is 3.65. The van der Waals surface area contributed by atoms with E-state index in [1.54, 1.807) is 6.92 Å². The number of benzene rings is 1. The van der Waals surface area contributed by atoms with E-state index in [4.69, 9.17) is 11.0 Å². The molecule has 1 aromatic carbocycles. The lowest BCUT2D eigenvalue weighted by atomic mass is 9.96. The van der Waals surface area contributed by atoms with Crippen LogP contribution in [-0.2, 0) is 28.7 Å². The Morgan fingerprint density at radius 3 is 2.55 bits per heavy atom. The first-order chi connectivity index (χ1) is 9.33. The van der Waals surface area contributed by atoms with E-state index in [1.165, 1.54) is 12.1 Å². The molecule has 0 bridgehead atoms. The average Bonchev–Trinajstić information content (AvgIpc) is 2.36. The molecule has 108 valence electrons. The van der Waals surface area contributed by atoms with Crippen LogP contribution in [-0.4, -0.2) is 12.6 Å². The predicted molar refractivity (Wildman–Crippen MR) is 64.4 cm³/mol. The van der Waals surface area contributed by atoms with Crippen LogP contribution >= 0.6 is 0 Å². The number of alkyl halides is 3. The molecule has 0 aliphatic carbocycles. The summed E-state index contributed by atoms with van der Waals surface area (Å²) in [5, 5.41) is 8.94. The van der Waals surface area contributed by atoms with Crippen molar-refractivity contribution in [3.8, 4) is 6.07 Å². The average molecular weight is 286 g/mol. The molecule has 0 radical (unpaired) electrons. The van der Waals surface area contributed by atoms with Gasteiger partial charge in [0.15, 0.2) is 0 Å². The number of hydrogen-bond acceptors (Lipinski definition) is 4. The molecule has 20 heavy (non-hydrogen) atoms. The Kier molecular flexibility index (Phi) is 5.11. The number of carbonyl (C=O) groups is 1. The molecule has 0 aliphatic rings. The van der Waals surface area contributed by atoms with Crippen molar-refractivity contribution in [3.63, 3.8) is 0 Å². The molecule has 0 amide bonds. The number of halogens is 3. The molecule has 0 atom stereocenters. The Hall–Kier alpha value is -2.07. The van der Waals surface area contributed by atoms with E-state index in [1.807, 2.05) is 0 Å². The molecular weight excluding hydrogens is 273 g/mol. The van der Waals surface area contributed by atoms with Gasteiger partial charge in [0.2, 0.25) is 0 Å². The van der Waals surface area contributed by atoms with Gasteiger partial charge in [-0.15, -0.1) is 0 Å². The zero-order valence-electron chi connectivity index (χ0n) is 10.8. The maximum absolute atomic E-state index is 12.9. The second kappa shape index (κ2) is 6.39. The number of nitrogens with two attached hydrogens (primary N) is 1. The first kappa shape index (κ1) is 16.0. The highest BCUT2D eigenvalue weighted by Gasteiger charge is 2.35. The van der Waals surface area contributed by atoms with Crippen molar-refractivity contribution in [2.75, 3.05) is 6.61 Å². The number of nitriles is 1. The van der Waals surface area contributed by atoms with Gasteiger partial charge in [-0.1, -0.05) is 6.07 Å². The van der Waals surface area contributed by atoms with Gasteiger partial charge in [0.25, 0.3) is 0 Å². The quantitative estimate of drug-likeness (QED) is 0.860. The van der Waals surface area contributed by atoms with Gasteiger partial charge in [0.1, 0.15) is 6.07 Å². The number of rotatable bonds is 4. The summed E-state index contributed by atoms with van der Waals surface area (Å²) in [6.07, 6.45) is -5.08. The van der Waals surface area contributed by atoms with Gasteiger partial charge in [-0.2, -0.15) is 18.4 Å². The Morgan fingerprint density at radius 2 is 2.10 bits per heavy atom. The molecule has 0 unspecified atom stereocenters. The molecule has 0 fully saturated rings. The second-order valence-corrected chi connectivity index (χ2v) is 3.97. The van der Waals surface area contributed by atoms with Crippen molar-refractivity contribution >= 4 is 5.97 Å². The molecule has 2 N–H and O–H groups in total. The van der Waals surface area contributed by atoms with Gasteiger partial charge in [0, 0.05) is 6.54 Å². The summed E-state index contributed by atoms with van der Waals surface area (Å²) in [4.78, 5) is 11.4. The van der Waals surface area contributed by atoms with Crippen molar-refractivity contribution in [2.45, 2.75) is 26.1 Å². The first-order valence-electron chi connectivity index (χ1n) is 5.82. The largest absolute Gasteiger partial charge is 0.466 e. The minimum Gasteiger partial charge on any atom is -0.466 e. The van der Waals surface area contributed by atoms with Crippen molar-refractivity contribution in [3.05, 3.63) is 34.4 Å². The van der Waals surface area contributed by atoms with Gasteiger partial charge >= 0.3 is 12.1 Å². The van der Waals surface area contributed by atoms with Gasteiger partial charge in [-0.3, -0.25) is 4.79 Å². The van der Waals surface area contributed by atoms with Gasteiger partial charge in [-0.05, 0) is 24.1 Å². The molecule has 0 saturated carbocycles. The number of hydrogen-bond donors (Lipinski definition) is 1. The van der Waals surface area contributed by atoms with Crippen LogP contribution in [0.3, 0.4) is 0 Å². The van der Waals surface area contributed by atoms with Gasteiger partial charge in [0.05, 0.1) is 24.2 Å². The SMILES string of the molecule is CCOC(=O)Cc1cc(CN)cc(C(F)(F)F)c1C#N. The van der Waals surface area contributed by atoms with Crippen molar-refractivity contribution in [1.29, 1.82) is 5.26 Å². The first-order valence-corrected chi connectivity index (χ1v) is 5.82. The molecule has 1 aromatic rings. The zero-order valence-corrected chi connectivity index (χ0v) is 10.8. The van der Waals surface area contributed by atoms with Crippen LogP contribution in [0.15, 0.2) is 12.1 Å². The lowest BCUT2D eigenvalue weighted by molar-refractivity contribution is -0.142. The minimum atomic E-state index is -4.68. The summed E-state index contributed by atoms with van der Waals surface area (Å²) >= 11 is 0. The second-order valence-electron chi connectivity index (χ2n) is 3.97. The number of carbonyl (C=O) groups excluding carboxylic acids is 1. The monoisotopic (exact) mass is 286 g/mol. The lowest BCUT2D eigenvalue weighted by Crippen LogP contribution is -2.15. The molecule has 1 rings (SSSR count). The van der Waals surface area contributed by atoms with Crippen LogP contribution in [0.4, 0.5) is 13.2 Å². The molecule has 0 spiro atoms. The fraction of sp³-hybridized carbons (Fsp3) is 0.385. The van der Waals surface area contributed by atoms with E-state index < -0.39 is 29.7 Å². The molecule has 4 nitrogen and oxygen atoms in total. The molecule has 0 aromatic heterocycles. The van der Waals surface area contributed by atoms with Gasteiger partial charge < -0.3 is 10.5 Å². The van der Waals surface area contributed by atoms with Crippen LogP contribution in [0.5, 0.6) is 0 Å². The predicted octanol–water partition coefficient (Wildman–Crippen LogP) is 2.14. The molecule has 0 saturated heterocycles. The van der Waals surface area contributed by atoms with E-state index in [9.17, 15) is 18.0 Å². The third-order valence-electron chi connectivity index (χ3n) is 2.57. The zero-order chi connectivity index (χ0) is 15.3. The van der Waals surface area contributed by atoms with Crippen molar-refractivity contribution in [2.24, 2.45) is 5.73 Å². The minimum absolute atomic E-state index is 0.0266. The number of ether oxygens (including phenoxy) is 1. The summed E-state index contributed by atoms with van der Waals surface area (Å²) in [5.74, 6) is -0.689. The van der Waals surface area contributed by atoms with E-state index in [0.29, 0.717) is 0 Å². The summed E-state index contributed by atoms with van der Waals surface area (Å²) in [7, 11) is 0.